The number of ether oxygens (including phenoxy) is 1. The maximum absolute atomic E-state index is 10.5. The highest BCUT2D eigenvalue weighted by atomic mass is 16.7. The molecule has 0 bridgehead atoms. The van der Waals surface area contributed by atoms with Gasteiger partial charge in [-0.15, -0.1) is 0 Å². The van der Waals surface area contributed by atoms with E-state index < -0.39 is 11.8 Å². The molecule has 0 aromatic rings. The Hall–Kier alpha value is -0.570. The summed E-state index contributed by atoms with van der Waals surface area (Å²) in [6.07, 6.45) is 0. The molecule has 1 radical (unpaired) electrons. The molecule has 0 rings (SSSR count). The maximum Gasteiger partial charge on any atom is 0.305 e. The zero-order valence-corrected chi connectivity index (χ0v) is 5.22. The first-order valence-corrected chi connectivity index (χ1v) is 2.32. The first-order chi connectivity index (χ1) is 3.42. The molecule has 0 heterocycles. The zero-order valence-electron chi connectivity index (χ0n) is 5.22. The second kappa shape index (κ2) is 2.13. The van der Waals surface area contributed by atoms with E-state index in [1.165, 1.54) is 20.8 Å². The fraction of sp³-hybridized carbons (Fsp3) is 0.800. The van der Waals surface area contributed by atoms with Gasteiger partial charge in [0.2, 0.25) is 5.79 Å². The minimum atomic E-state index is -1.58. The van der Waals surface area contributed by atoms with E-state index in [0.29, 0.717) is 0 Å². The fourth-order valence-corrected chi connectivity index (χ4v) is 0.346. The van der Waals surface area contributed by atoms with Crippen LogP contribution in [-0.4, -0.2) is 11.8 Å². The molecule has 0 N–H and O–H groups in total. The molecular formula is C5H9O3. The molecule has 0 fully saturated rings. The van der Waals surface area contributed by atoms with Crippen LogP contribution in [0.4, 0.5) is 0 Å². The molecule has 0 saturated carbocycles. The molecule has 0 aromatic carbocycles. The van der Waals surface area contributed by atoms with Crippen LogP contribution in [0.2, 0.25) is 0 Å². The van der Waals surface area contributed by atoms with Crippen LogP contribution in [0, 0.1) is 0 Å². The summed E-state index contributed by atoms with van der Waals surface area (Å²) in [4.78, 5) is 10.0. The second-order valence-electron chi connectivity index (χ2n) is 1.99. The fourth-order valence-electron chi connectivity index (χ4n) is 0.346. The smallest absolute Gasteiger partial charge is 0.305 e. The van der Waals surface area contributed by atoms with Crippen LogP contribution in [0.15, 0.2) is 0 Å². The molecule has 0 aliphatic carbocycles. The van der Waals surface area contributed by atoms with Gasteiger partial charge in [0, 0.05) is 20.8 Å². The van der Waals surface area contributed by atoms with Crippen molar-refractivity contribution in [3.8, 4) is 0 Å². The van der Waals surface area contributed by atoms with Crippen molar-refractivity contribution in [2.75, 3.05) is 0 Å². The van der Waals surface area contributed by atoms with Crippen LogP contribution in [0.3, 0.4) is 0 Å². The third kappa shape index (κ3) is 5.43. The van der Waals surface area contributed by atoms with E-state index in [4.69, 9.17) is 0 Å². The van der Waals surface area contributed by atoms with Gasteiger partial charge in [-0.25, -0.2) is 0 Å². The molecule has 47 valence electrons. The van der Waals surface area contributed by atoms with Gasteiger partial charge in [0.25, 0.3) is 0 Å². The van der Waals surface area contributed by atoms with Crippen molar-refractivity contribution >= 4 is 5.97 Å². The molecule has 0 aromatic heterocycles. The van der Waals surface area contributed by atoms with Gasteiger partial charge in [0.05, 0.1) is 0 Å². The Morgan fingerprint density at radius 3 is 1.88 bits per heavy atom. The lowest BCUT2D eigenvalue weighted by molar-refractivity contribution is -0.214. The van der Waals surface area contributed by atoms with Gasteiger partial charge >= 0.3 is 5.97 Å². The Kier molecular flexibility index (Phi) is 1.98. The minimum absolute atomic E-state index is 0.537. The highest BCUT2D eigenvalue weighted by molar-refractivity contribution is 5.66. The first-order valence-electron chi connectivity index (χ1n) is 2.32. The van der Waals surface area contributed by atoms with E-state index in [2.05, 4.69) is 4.74 Å². The summed E-state index contributed by atoms with van der Waals surface area (Å²) >= 11 is 0. The topological polar surface area (TPSA) is 46.2 Å². The number of carbonyl (C=O) groups is 1. The van der Waals surface area contributed by atoms with Crippen molar-refractivity contribution in [2.24, 2.45) is 0 Å². The standard InChI is InChI=1S/C5H9O3/c1-4(6)8-5(2,3)7/h1-3H3. The van der Waals surface area contributed by atoms with Crippen molar-refractivity contribution in [3.63, 3.8) is 0 Å². The SMILES string of the molecule is CC(=O)OC(C)(C)[O]. The van der Waals surface area contributed by atoms with Crippen molar-refractivity contribution in [1.82, 2.24) is 0 Å². The van der Waals surface area contributed by atoms with Crippen LogP contribution in [-0.2, 0) is 14.6 Å². The predicted octanol–water partition coefficient (Wildman–Crippen LogP) is 0.716. The van der Waals surface area contributed by atoms with Crippen LogP contribution in [0.25, 0.3) is 0 Å². The Morgan fingerprint density at radius 1 is 1.50 bits per heavy atom. The minimum Gasteiger partial charge on any atom is -0.431 e. The average molecular weight is 117 g/mol. The van der Waals surface area contributed by atoms with E-state index in [0.717, 1.165) is 0 Å². The van der Waals surface area contributed by atoms with Crippen molar-refractivity contribution in [1.29, 1.82) is 0 Å². The molecule has 8 heavy (non-hydrogen) atoms. The average Bonchev–Trinajstić information content (AvgIpc) is 1.21. The van der Waals surface area contributed by atoms with Crippen LogP contribution in [0.5, 0.6) is 0 Å². The zero-order chi connectivity index (χ0) is 6.78. The Morgan fingerprint density at radius 2 is 1.88 bits per heavy atom. The number of esters is 1. The van der Waals surface area contributed by atoms with E-state index in [-0.39, 0.29) is 0 Å². The lowest BCUT2D eigenvalue weighted by Crippen LogP contribution is -2.23. The van der Waals surface area contributed by atoms with E-state index in [1.807, 2.05) is 0 Å². The first kappa shape index (κ1) is 7.43. The summed E-state index contributed by atoms with van der Waals surface area (Å²) in [7, 11) is 0. The third-order valence-corrected chi connectivity index (χ3v) is 0.390. The molecule has 0 atom stereocenters. The van der Waals surface area contributed by atoms with Crippen molar-refractivity contribution < 1.29 is 14.6 Å². The number of hydrogen-bond donors (Lipinski definition) is 0. The molecule has 3 nitrogen and oxygen atoms in total. The van der Waals surface area contributed by atoms with Gasteiger partial charge in [0.1, 0.15) is 0 Å². The lowest BCUT2D eigenvalue weighted by Gasteiger charge is -2.12. The van der Waals surface area contributed by atoms with Gasteiger partial charge in [-0.05, 0) is 0 Å². The normalized spacial score (nSPS) is 11.0. The van der Waals surface area contributed by atoms with E-state index in [1.54, 1.807) is 0 Å². The molecule has 0 amide bonds. The maximum atomic E-state index is 10.5. The monoisotopic (exact) mass is 117 g/mol. The Labute approximate surface area is 48.3 Å². The summed E-state index contributed by atoms with van der Waals surface area (Å²) in [6, 6.07) is 0. The van der Waals surface area contributed by atoms with Gasteiger partial charge in [-0.1, -0.05) is 0 Å². The summed E-state index contributed by atoms with van der Waals surface area (Å²) in [6.45, 7) is 3.78. The number of hydrogen-bond acceptors (Lipinski definition) is 2. The largest absolute Gasteiger partial charge is 0.431 e. The third-order valence-electron chi connectivity index (χ3n) is 0.390. The second-order valence-corrected chi connectivity index (χ2v) is 1.99. The number of carbonyl (C=O) groups excluding carboxylic acids is 1. The molecule has 0 aliphatic heterocycles. The molecule has 0 aliphatic rings. The Balaban J connectivity index is 3.55. The van der Waals surface area contributed by atoms with Crippen LogP contribution >= 0.6 is 0 Å². The molecule has 3 heteroatoms. The lowest BCUT2D eigenvalue weighted by atomic mass is 10.4. The summed E-state index contributed by atoms with van der Waals surface area (Å²) < 4.78 is 4.24. The van der Waals surface area contributed by atoms with Crippen LogP contribution in [0.1, 0.15) is 20.8 Å². The Bertz CT molecular complexity index is 90.3. The van der Waals surface area contributed by atoms with E-state index >= 15 is 0 Å². The number of rotatable bonds is 1. The highest BCUT2D eigenvalue weighted by Gasteiger charge is 2.17. The molecule has 0 unspecified atom stereocenters. The van der Waals surface area contributed by atoms with Crippen molar-refractivity contribution in [2.45, 2.75) is 26.6 Å². The predicted molar refractivity (Wildman–Crippen MR) is 26.5 cm³/mol. The van der Waals surface area contributed by atoms with Gasteiger partial charge < -0.3 is 4.74 Å². The molecule has 0 spiro atoms. The quantitative estimate of drug-likeness (QED) is 0.375. The molecule has 0 saturated heterocycles. The van der Waals surface area contributed by atoms with Gasteiger partial charge in [-0.2, -0.15) is 5.11 Å². The summed E-state index contributed by atoms with van der Waals surface area (Å²) in [5.74, 6) is -2.11. The van der Waals surface area contributed by atoms with Gasteiger partial charge in [0.15, 0.2) is 0 Å². The molecular weight excluding hydrogens is 108 g/mol. The van der Waals surface area contributed by atoms with Crippen LogP contribution < -0.4 is 0 Å². The highest BCUT2D eigenvalue weighted by Crippen LogP contribution is 2.03. The van der Waals surface area contributed by atoms with Crippen molar-refractivity contribution in [3.05, 3.63) is 0 Å². The van der Waals surface area contributed by atoms with Gasteiger partial charge in [-0.3, -0.25) is 4.79 Å². The summed E-state index contributed by atoms with van der Waals surface area (Å²) in [5, 5.41) is 10.5. The summed E-state index contributed by atoms with van der Waals surface area (Å²) in [5.41, 5.74) is 0. The van der Waals surface area contributed by atoms with E-state index in [9.17, 15) is 9.90 Å².